The molecule has 2 N–H and O–H groups in total. The molecule has 1 aromatic heterocycles. The highest BCUT2D eigenvalue weighted by Gasteiger charge is 2.16. The van der Waals surface area contributed by atoms with Crippen molar-refractivity contribution in [1.82, 2.24) is 10.3 Å². The van der Waals surface area contributed by atoms with Crippen molar-refractivity contribution in [2.24, 2.45) is 4.99 Å². The Morgan fingerprint density at radius 2 is 2.25 bits per heavy atom. The SMILES string of the molecule is Cc1[nH]c2ccc(F)cc2c1C1=NCCN1. The van der Waals surface area contributed by atoms with Gasteiger partial charge in [-0.05, 0) is 25.1 Å². The summed E-state index contributed by atoms with van der Waals surface area (Å²) < 4.78 is 13.2. The molecule has 4 heteroatoms. The highest BCUT2D eigenvalue weighted by molar-refractivity contribution is 6.11. The predicted molar refractivity (Wildman–Crippen MR) is 62.4 cm³/mol. The van der Waals surface area contributed by atoms with Crippen LogP contribution in [0.4, 0.5) is 4.39 Å². The van der Waals surface area contributed by atoms with E-state index in [0.717, 1.165) is 41.1 Å². The summed E-state index contributed by atoms with van der Waals surface area (Å²) in [6.45, 7) is 3.63. The summed E-state index contributed by atoms with van der Waals surface area (Å²) >= 11 is 0. The molecule has 0 unspecified atom stereocenters. The van der Waals surface area contributed by atoms with Crippen LogP contribution in [0.25, 0.3) is 10.9 Å². The second-order valence-electron chi connectivity index (χ2n) is 3.97. The lowest BCUT2D eigenvalue weighted by atomic mass is 10.1. The fourth-order valence-electron chi connectivity index (χ4n) is 2.17. The van der Waals surface area contributed by atoms with Crippen molar-refractivity contribution < 1.29 is 4.39 Å². The number of aromatic nitrogens is 1. The normalized spacial score (nSPS) is 15.2. The number of hydrogen-bond donors (Lipinski definition) is 2. The van der Waals surface area contributed by atoms with Crippen molar-refractivity contribution in [1.29, 1.82) is 0 Å². The number of halogens is 1. The number of amidine groups is 1. The number of hydrogen-bond acceptors (Lipinski definition) is 2. The van der Waals surface area contributed by atoms with E-state index < -0.39 is 0 Å². The minimum Gasteiger partial charge on any atom is -0.368 e. The lowest BCUT2D eigenvalue weighted by Gasteiger charge is -2.02. The molecular formula is C12H12FN3. The zero-order valence-corrected chi connectivity index (χ0v) is 8.97. The highest BCUT2D eigenvalue weighted by atomic mass is 19.1. The van der Waals surface area contributed by atoms with Gasteiger partial charge in [-0.3, -0.25) is 4.99 Å². The first-order valence-electron chi connectivity index (χ1n) is 5.32. The van der Waals surface area contributed by atoms with E-state index in [0.29, 0.717) is 0 Å². The second-order valence-corrected chi connectivity index (χ2v) is 3.97. The smallest absolute Gasteiger partial charge is 0.130 e. The summed E-state index contributed by atoms with van der Waals surface area (Å²) in [5, 5.41) is 4.11. The van der Waals surface area contributed by atoms with Crippen molar-refractivity contribution >= 4 is 16.7 Å². The van der Waals surface area contributed by atoms with E-state index in [1.807, 2.05) is 6.92 Å². The van der Waals surface area contributed by atoms with Crippen molar-refractivity contribution in [3.05, 3.63) is 35.3 Å². The minimum atomic E-state index is -0.216. The van der Waals surface area contributed by atoms with Crippen LogP contribution < -0.4 is 5.32 Å². The Morgan fingerprint density at radius 3 is 3.00 bits per heavy atom. The third-order valence-corrected chi connectivity index (χ3v) is 2.86. The first kappa shape index (κ1) is 9.39. The number of fused-ring (bicyclic) bond motifs is 1. The summed E-state index contributed by atoms with van der Waals surface area (Å²) in [4.78, 5) is 7.63. The molecule has 3 nitrogen and oxygen atoms in total. The molecule has 82 valence electrons. The zero-order chi connectivity index (χ0) is 11.1. The van der Waals surface area contributed by atoms with Gasteiger partial charge in [0.15, 0.2) is 0 Å². The van der Waals surface area contributed by atoms with Crippen LogP contribution in [0.2, 0.25) is 0 Å². The van der Waals surface area contributed by atoms with Crippen molar-refractivity contribution in [3.8, 4) is 0 Å². The van der Waals surface area contributed by atoms with Gasteiger partial charge < -0.3 is 10.3 Å². The number of benzene rings is 1. The fourth-order valence-corrected chi connectivity index (χ4v) is 2.17. The Bertz CT molecular complexity index is 583. The van der Waals surface area contributed by atoms with Crippen LogP contribution in [0.1, 0.15) is 11.3 Å². The van der Waals surface area contributed by atoms with Crippen molar-refractivity contribution in [2.45, 2.75) is 6.92 Å². The van der Waals surface area contributed by atoms with Gasteiger partial charge in [-0.1, -0.05) is 0 Å². The average molecular weight is 217 g/mol. The van der Waals surface area contributed by atoms with E-state index in [4.69, 9.17) is 0 Å². The van der Waals surface area contributed by atoms with Crippen molar-refractivity contribution in [2.75, 3.05) is 13.1 Å². The second kappa shape index (κ2) is 3.33. The Labute approximate surface area is 92.4 Å². The quantitative estimate of drug-likeness (QED) is 0.753. The molecule has 0 radical (unpaired) electrons. The fraction of sp³-hybridized carbons (Fsp3) is 0.250. The molecule has 16 heavy (non-hydrogen) atoms. The summed E-state index contributed by atoms with van der Waals surface area (Å²) in [5.41, 5.74) is 2.96. The van der Waals surface area contributed by atoms with Crippen LogP contribution in [0.5, 0.6) is 0 Å². The summed E-state index contributed by atoms with van der Waals surface area (Å²) in [6.07, 6.45) is 0. The van der Waals surface area contributed by atoms with Gasteiger partial charge in [0.1, 0.15) is 11.7 Å². The highest BCUT2D eigenvalue weighted by Crippen LogP contribution is 2.23. The third kappa shape index (κ3) is 1.30. The molecular weight excluding hydrogens is 205 g/mol. The lowest BCUT2D eigenvalue weighted by Crippen LogP contribution is -2.19. The minimum absolute atomic E-state index is 0.216. The van der Waals surface area contributed by atoms with E-state index >= 15 is 0 Å². The average Bonchev–Trinajstić information content (AvgIpc) is 2.83. The Hall–Kier alpha value is -1.84. The van der Waals surface area contributed by atoms with Crippen LogP contribution in [-0.2, 0) is 0 Å². The Balaban J connectivity index is 2.29. The van der Waals surface area contributed by atoms with E-state index in [1.54, 1.807) is 12.1 Å². The largest absolute Gasteiger partial charge is 0.368 e. The maximum atomic E-state index is 13.2. The van der Waals surface area contributed by atoms with Gasteiger partial charge in [0.05, 0.1) is 6.54 Å². The summed E-state index contributed by atoms with van der Waals surface area (Å²) in [6, 6.07) is 4.78. The monoisotopic (exact) mass is 217 g/mol. The molecule has 3 rings (SSSR count). The van der Waals surface area contributed by atoms with Crippen molar-refractivity contribution in [3.63, 3.8) is 0 Å². The van der Waals surface area contributed by atoms with E-state index in [-0.39, 0.29) is 5.82 Å². The predicted octanol–water partition coefficient (Wildman–Crippen LogP) is 1.97. The van der Waals surface area contributed by atoms with Crippen LogP contribution in [0.15, 0.2) is 23.2 Å². The van der Waals surface area contributed by atoms with Crippen LogP contribution in [-0.4, -0.2) is 23.9 Å². The van der Waals surface area contributed by atoms with Gasteiger partial charge in [-0.15, -0.1) is 0 Å². The molecule has 1 aromatic carbocycles. The number of aryl methyl sites for hydroxylation is 1. The van der Waals surface area contributed by atoms with Crippen LogP contribution in [0.3, 0.4) is 0 Å². The zero-order valence-electron chi connectivity index (χ0n) is 8.97. The molecule has 0 bridgehead atoms. The van der Waals surface area contributed by atoms with E-state index in [1.165, 1.54) is 6.07 Å². The molecule has 0 amide bonds. The molecule has 0 saturated carbocycles. The molecule has 0 aliphatic carbocycles. The maximum absolute atomic E-state index is 13.2. The number of nitrogens with zero attached hydrogens (tertiary/aromatic N) is 1. The maximum Gasteiger partial charge on any atom is 0.130 e. The van der Waals surface area contributed by atoms with Gasteiger partial charge in [0, 0.05) is 28.7 Å². The Kier molecular flexibility index (Phi) is 1.96. The molecule has 0 atom stereocenters. The molecule has 1 aliphatic heterocycles. The number of nitrogens with one attached hydrogen (secondary N) is 2. The molecule has 0 fully saturated rings. The number of aromatic amines is 1. The molecule has 1 aliphatic rings. The molecule has 2 heterocycles. The van der Waals surface area contributed by atoms with Gasteiger partial charge in [0.25, 0.3) is 0 Å². The first-order chi connectivity index (χ1) is 7.75. The standard InChI is InChI=1S/C12H12FN3/c1-7-11(12-14-4-5-15-12)9-6-8(13)2-3-10(9)16-7/h2-3,6,16H,4-5H2,1H3,(H,14,15). The number of rotatable bonds is 1. The van der Waals surface area contributed by atoms with E-state index in [2.05, 4.69) is 15.3 Å². The molecule has 2 aromatic rings. The first-order valence-corrected chi connectivity index (χ1v) is 5.32. The van der Waals surface area contributed by atoms with Gasteiger partial charge >= 0.3 is 0 Å². The number of H-pyrrole nitrogens is 1. The lowest BCUT2D eigenvalue weighted by molar-refractivity contribution is 0.629. The van der Waals surface area contributed by atoms with Gasteiger partial charge in [-0.2, -0.15) is 0 Å². The van der Waals surface area contributed by atoms with Crippen LogP contribution in [0, 0.1) is 12.7 Å². The van der Waals surface area contributed by atoms with Gasteiger partial charge in [-0.25, -0.2) is 4.39 Å². The van der Waals surface area contributed by atoms with Crippen LogP contribution >= 0.6 is 0 Å². The Morgan fingerprint density at radius 1 is 1.38 bits per heavy atom. The molecule has 0 saturated heterocycles. The van der Waals surface area contributed by atoms with E-state index in [9.17, 15) is 4.39 Å². The van der Waals surface area contributed by atoms with Gasteiger partial charge in [0.2, 0.25) is 0 Å². The molecule has 0 spiro atoms. The summed E-state index contributed by atoms with van der Waals surface area (Å²) in [7, 11) is 0. The summed E-state index contributed by atoms with van der Waals surface area (Å²) in [5.74, 6) is 0.653. The topological polar surface area (TPSA) is 40.2 Å². The third-order valence-electron chi connectivity index (χ3n) is 2.86. The number of aliphatic imine (C=N–C) groups is 1.